The molecule has 186 valence electrons. The van der Waals surface area contributed by atoms with E-state index in [1.807, 2.05) is 17.9 Å². The average molecular weight is 486 g/mol. The second-order valence-corrected chi connectivity index (χ2v) is 10.2. The number of anilines is 2. The fourth-order valence-corrected chi connectivity index (χ4v) is 5.46. The number of carbonyl (C=O) groups is 4. The predicted octanol–water partition coefficient (Wildman–Crippen LogP) is 4.66. The van der Waals surface area contributed by atoms with Crippen LogP contribution in [-0.2, 0) is 9.59 Å². The Bertz CT molecular complexity index is 1260. The van der Waals surface area contributed by atoms with Crippen LogP contribution in [0.4, 0.5) is 11.4 Å². The van der Waals surface area contributed by atoms with Gasteiger partial charge in [0.15, 0.2) is 0 Å². The molecule has 36 heavy (non-hydrogen) atoms. The number of rotatable bonds is 4. The van der Waals surface area contributed by atoms with Gasteiger partial charge in [-0.05, 0) is 68.9 Å². The van der Waals surface area contributed by atoms with E-state index in [0.717, 1.165) is 31.5 Å². The van der Waals surface area contributed by atoms with Gasteiger partial charge in [-0.15, -0.1) is 0 Å². The normalized spacial score (nSPS) is 22.3. The minimum atomic E-state index is -0.438. The fourth-order valence-electron chi connectivity index (χ4n) is 5.46. The third-order valence-electron chi connectivity index (χ3n) is 7.65. The first-order chi connectivity index (χ1) is 17.3. The standard InChI is InChI=1S/C29H31N3O4/c1-18-12-14-31(15-13-18)27(34)20-6-5-7-21(17-20)30-26(33)23-8-3-4-9-25(23)32-28(35)22-11-10-19(2)16-24(22)29(32)36/h3-10,17-18,22,24H,11-16H2,1-2H3,(H,30,33)/t22-,24-/m0/s1. The number of nitrogens with one attached hydrogen (secondary N) is 1. The highest BCUT2D eigenvalue weighted by Crippen LogP contribution is 2.40. The van der Waals surface area contributed by atoms with Gasteiger partial charge >= 0.3 is 0 Å². The summed E-state index contributed by atoms with van der Waals surface area (Å²) >= 11 is 0. The number of hydrogen-bond acceptors (Lipinski definition) is 4. The Morgan fingerprint density at radius 1 is 0.944 bits per heavy atom. The van der Waals surface area contributed by atoms with Crippen molar-refractivity contribution in [3.63, 3.8) is 0 Å². The lowest BCUT2D eigenvalue weighted by molar-refractivity contribution is -0.122. The van der Waals surface area contributed by atoms with Crippen LogP contribution in [0.25, 0.3) is 0 Å². The highest BCUT2D eigenvalue weighted by atomic mass is 16.2. The van der Waals surface area contributed by atoms with Gasteiger partial charge in [0.25, 0.3) is 11.8 Å². The van der Waals surface area contributed by atoms with E-state index in [-0.39, 0.29) is 35.1 Å². The number of fused-ring (bicyclic) bond motifs is 1. The third-order valence-corrected chi connectivity index (χ3v) is 7.65. The molecule has 2 fully saturated rings. The zero-order chi connectivity index (χ0) is 25.4. The number of hydrogen-bond donors (Lipinski definition) is 1. The topological polar surface area (TPSA) is 86.8 Å². The highest BCUT2D eigenvalue weighted by Gasteiger charge is 2.49. The summed E-state index contributed by atoms with van der Waals surface area (Å²) in [4.78, 5) is 55.8. The maximum atomic E-state index is 13.3. The molecule has 2 aliphatic heterocycles. The first kappa shape index (κ1) is 24.0. The monoisotopic (exact) mass is 485 g/mol. The predicted molar refractivity (Wildman–Crippen MR) is 138 cm³/mol. The first-order valence-corrected chi connectivity index (χ1v) is 12.7. The molecule has 2 aromatic rings. The molecule has 1 N–H and O–H groups in total. The van der Waals surface area contributed by atoms with E-state index >= 15 is 0 Å². The van der Waals surface area contributed by atoms with Crippen molar-refractivity contribution in [2.45, 2.75) is 39.5 Å². The molecule has 7 nitrogen and oxygen atoms in total. The molecule has 0 saturated carbocycles. The number of allylic oxidation sites excluding steroid dienone is 2. The van der Waals surface area contributed by atoms with Crippen molar-refractivity contribution in [2.24, 2.45) is 17.8 Å². The van der Waals surface area contributed by atoms with Gasteiger partial charge in [-0.3, -0.25) is 19.2 Å². The van der Waals surface area contributed by atoms with Gasteiger partial charge in [-0.2, -0.15) is 0 Å². The molecule has 2 saturated heterocycles. The molecular weight excluding hydrogens is 454 g/mol. The Morgan fingerprint density at radius 2 is 1.67 bits per heavy atom. The number of benzene rings is 2. The van der Waals surface area contributed by atoms with Gasteiger partial charge in [-0.1, -0.05) is 36.8 Å². The summed E-state index contributed by atoms with van der Waals surface area (Å²) in [5.74, 6) is -1.11. The molecule has 4 amide bonds. The van der Waals surface area contributed by atoms with Crippen molar-refractivity contribution in [3.05, 3.63) is 71.3 Å². The zero-order valence-electron chi connectivity index (χ0n) is 20.7. The SMILES string of the molecule is CC1=CC[C@@H]2C(=O)N(c3ccccc3C(=O)Nc3cccc(C(=O)N4CCC(C)CC4)c3)C(=O)[C@H]2C1. The van der Waals surface area contributed by atoms with Crippen molar-refractivity contribution in [1.82, 2.24) is 4.90 Å². The first-order valence-electron chi connectivity index (χ1n) is 12.7. The lowest BCUT2D eigenvalue weighted by Gasteiger charge is -2.30. The molecule has 0 radical (unpaired) electrons. The molecule has 1 aliphatic carbocycles. The van der Waals surface area contributed by atoms with Gasteiger partial charge in [0.05, 0.1) is 23.1 Å². The van der Waals surface area contributed by atoms with E-state index in [1.165, 1.54) is 4.90 Å². The number of para-hydroxylation sites is 1. The summed E-state index contributed by atoms with van der Waals surface area (Å²) in [5, 5.41) is 2.86. The molecule has 0 spiro atoms. The molecule has 0 unspecified atom stereocenters. The van der Waals surface area contributed by atoms with Crippen LogP contribution in [0, 0.1) is 17.8 Å². The number of nitrogens with zero attached hydrogens (tertiary/aromatic N) is 2. The van der Waals surface area contributed by atoms with Crippen LogP contribution in [0.1, 0.15) is 60.2 Å². The Kier molecular flexibility index (Phi) is 6.48. The van der Waals surface area contributed by atoms with E-state index in [2.05, 4.69) is 12.2 Å². The molecule has 2 heterocycles. The van der Waals surface area contributed by atoms with Crippen molar-refractivity contribution < 1.29 is 19.2 Å². The van der Waals surface area contributed by atoms with E-state index in [0.29, 0.717) is 35.7 Å². The van der Waals surface area contributed by atoms with Crippen molar-refractivity contribution in [1.29, 1.82) is 0 Å². The number of likely N-dealkylation sites (tertiary alicyclic amines) is 1. The van der Waals surface area contributed by atoms with Crippen molar-refractivity contribution in [2.75, 3.05) is 23.3 Å². The zero-order valence-corrected chi connectivity index (χ0v) is 20.7. The molecule has 0 aromatic heterocycles. The number of carbonyl (C=O) groups excluding carboxylic acids is 4. The maximum absolute atomic E-state index is 13.3. The third kappa shape index (κ3) is 4.45. The minimum absolute atomic E-state index is 0.0434. The molecule has 3 aliphatic rings. The van der Waals surface area contributed by atoms with Crippen molar-refractivity contribution in [3.8, 4) is 0 Å². The molecule has 2 aromatic carbocycles. The Morgan fingerprint density at radius 3 is 2.44 bits per heavy atom. The number of imide groups is 1. The fraction of sp³-hybridized carbons (Fsp3) is 0.379. The lowest BCUT2D eigenvalue weighted by atomic mass is 9.82. The van der Waals surface area contributed by atoms with Crippen LogP contribution in [-0.4, -0.2) is 41.6 Å². The van der Waals surface area contributed by atoms with Crippen molar-refractivity contribution >= 4 is 35.0 Å². The van der Waals surface area contributed by atoms with Gasteiger partial charge in [-0.25, -0.2) is 4.90 Å². The van der Waals surface area contributed by atoms with Crippen LogP contribution in [0.15, 0.2) is 60.2 Å². The maximum Gasteiger partial charge on any atom is 0.257 e. The summed E-state index contributed by atoms with van der Waals surface area (Å²) in [7, 11) is 0. The summed E-state index contributed by atoms with van der Waals surface area (Å²) < 4.78 is 0. The summed E-state index contributed by atoms with van der Waals surface area (Å²) in [5.41, 5.74) is 2.65. The van der Waals surface area contributed by atoms with Gasteiger partial charge in [0, 0.05) is 24.3 Å². The summed E-state index contributed by atoms with van der Waals surface area (Å²) in [6, 6.07) is 13.6. The Balaban J connectivity index is 1.35. The van der Waals surface area contributed by atoms with Crippen LogP contribution >= 0.6 is 0 Å². The molecule has 7 heteroatoms. The Labute approximate surface area is 211 Å². The van der Waals surface area contributed by atoms with Crippen LogP contribution in [0.3, 0.4) is 0 Å². The van der Waals surface area contributed by atoms with Gasteiger partial charge in [0.2, 0.25) is 11.8 Å². The second kappa shape index (κ2) is 9.72. The van der Waals surface area contributed by atoms with E-state index in [9.17, 15) is 19.2 Å². The molecule has 0 bridgehead atoms. The molecular formula is C29H31N3O4. The van der Waals surface area contributed by atoms with E-state index in [4.69, 9.17) is 0 Å². The number of amides is 4. The Hall–Kier alpha value is -3.74. The smallest absolute Gasteiger partial charge is 0.257 e. The summed E-state index contributed by atoms with van der Waals surface area (Å²) in [6.45, 7) is 5.64. The largest absolute Gasteiger partial charge is 0.339 e. The van der Waals surface area contributed by atoms with Gasteiger partial charge < -0.3 is 10.2 Å². The summed E-state index contributed by atoms with van der Waals surface area (Å²) in [6.07, 6.45) is 5.11. The van der Waals surface area contributed by atoms with E-state index < -0.39 is 5.91 Å². The van der Waals surface area contributed by atoms with Gasteiger partial charge in [0.1, 0.15) is 0 Å². The van der Waals surface area contributed by atoms with E-state index in [1.54, 1.807) is 48.5 Å². The number of piperidine rings is 1. The highest BCUT2D eigenvalue weighted by molar-refractivity contribution is 6.25. The quantitative estimate of drug-likeness (QED) is 0.504. The molecule has 2 atom stereocenters. The van der Waals surface area contributed by atoms with Crippen LogP contribution in [0.5, 0.6) is 0 Å². The molecule has 5 rings (SSSR count). The lowest BCUT2D eigenvalue weighted by Crippen LogP contribution is -2.37. The average Bonchev–Trinajstić information content (AvgIpc) is 3.13. The van der Waals surface area contributed by atoms with Crippen LogP contribution in [0.2, 0.25) is 0 Å². The second-order valence-electron chi connectivity index (χ2n) is 10.2. The van der Waals surface area contributed by atoms with Crippen LogP contribution < -0.4 is 10.2 Å². The minimum Gasteiger partial charge on any atom is -0.339 e.